The number of hydrogen-bond acceptors (Lipinski definition) is 6. The lowest BCUT2D eigenvalue weighted by atomic mass is 9.78. The third-order valence-corrected chi connectivity index (χ3v) is 4.65. The maximum atomic E-state index is 12.5. The van der Waals surface area contributed by atoms with E-state index in [0.29, 0.717) is 27.7 Å². The number of nitrogens with zero attached hydrogens (tertiary/aromatic N) is 1. The molecule has 0 aromatic heterocycles. The van der Waals surface area contributed by atoms with Gasteiger partial charge in [-0.3, -0.25) is 9.59 Å². The molecule has 1 aromatic rings. The number of nitrogens with one attached hydrogen (secondary N) is 1. The molecule has 1 aromatic carbocycles. The van der Waals surface area contributed by atoms with Crippen LogP contribution in [0.25, 0.3) is 0 Å². The molecule has 0 saturated carbocycles. The summed E-state index contributed by atoms with van der Waals surface area (Å²) in [6, 6.07) is 9.20. The minimum absolute atomic E-state index is 0.335. The van der Waals surface area contributed by atoms with Crippen molar-refractivity contribution in [3.05, 3.63) is 40.4 Å². The Morgan fingerprint density at radius 1 is 1.38 bits per heavy atom. The minimum Gasteiger partial charge on any atom is -0.496 e. The van der Waals surface area contributed by atoms with E-state index in [1.165, 1.54) is 26.0 Å². The fourth-order valence-electron chi connectivity index (χ4n) is 2.72. The Hall–Kier alpha value is -2.46. The molecule has 0 aliphatic carbocycles. The molecule has 126 valence electrons. The van der Waals surface area contributed by atoms with Gasteiger partial charge in [0.15, 0.2) is 0 Å². The molecule has 1 aliphatic heterocycles. The Morgan fingerprint density at radius 2 is 2.08 bits per heavy atom. The minimum atomic E-state index is -1.14. The van der Waals surface area contributed by atoms with Crippen LogP contribution in [-0.4, -0.2) is 31.8 Å². The highest BCUT2D eigenvalue weighted by Gasteiger charge is 2.45. The lowest BCUT2D eigenvalue weighted by molar-refractivity contribution is -0.150. The second-order valence-electron chi connectivity index (χ2n) is 5.00. The van der Waals surface area contributed by atoms with Crippen molar-refractivity contribution in [1.82, 2.24) is 5.32 Å². The van der Waals surface area contributed by atoms with Crippen molar-refractivity contribution in [3.8, 4) is 11.8 Å². The molecule has 6 nitrogen and oxygen atoms in total. The summed E-state index contributed by atoms with van der Waals surface area (Å²) in [4.78, 5) is 24.7. The zero-order valence-corrected chi connectivity index (χ0v) is 14.5. The zero-order chi connectivity index (χ0) is 17.7. The highest BCUT2D eigenvalue weighted by Crippen LogP contribution is 2.43. The van der Waals surface area contributed by atoms with E-state index in [2.05, 4.69) is 11.4 Å². The van der Waals surface area contributed by atoms with Gasteiger partial charge >= 0.3 is 5.97 Å². The van der Waals surface area contributed by atoms with Crippen LogP contribution in [0.5, 0.6) is 5.75 Å². The summed E-state index contributed by atoms with van der Waals surface area (Å²) >= 11 is 1.35. The van der Waals surface area contributed by atoms with E-state index in [-0.39, 0.29) is 0 Å². The van der Waals surface area contributed by atoms with E-state index in [1.807, 2.05) is 6.92 Å². The number of esters is 1. The standard InChI is InChI=1S/C17H18N2O4S/c1-4-24-16-11(9-18)13(10-7-5-6-8-12(10)22-2)14(15(20)19-16)17(21)23-3/h5-8,13-14H,4H2,1-3H3,(H,19,20). The van der Waals surface area contributed by atoms with Crippen LogP contribution in [0.15, 0.2) is 34.9 Å². The third-order valence-electron chi connectivity index (χ3n) is 3.75. The lowest BCUT2D eigenvalue weighted by Gasteiger charge is -2.31. The first-order valence-corrected chi connectivity index (χ1v) is 8.36. The Balaban J connectivity index is 2.69. The Kier molecular flexibility index (Phi) is 5.88. The molecule has 24 heavy (non-hydrogen) atoms. The number of amides is 1. The quantitative estimate of drug-likeness (QED) is 0.649. The fourth-order valence-corrected chi connectivity index (χ4v) is 3.51. The Morgan fingerprint density at radius 3 is 2.67 bits per heavy atom. The molecule has 2 rings (SSSR count). The smallest absolute Gasteiger partial charge is 0.319 e. The highest BCUT2D eigenvalue weighted by molar-refractivity contribution is 8.03. The summed E-state index contributed by atoms with van der Waals surface area (Å²) in [6.45, 7) is 1.92. The van der Waals surface area contributed by atoms with Gasteiger partial charge in [-0.15, -0.1) is 11.8 Å². The van der Waals surface area contributed by atoms with Crippen molar-refractivity contribution in [2.45, 2.75) is 12.8 Å². The van der Waals surface area contributed by atoms with E-state index < -0.39 is 23.7 Å². The van der Waals surface area contributed by atoms with E-state index >= 15 is 0 Å². The van der Waals surface area contributed by atoms with E-state index in [1.54, 1.807) is 24.3 Å². The van der Waals surface area contributed by atoms with Crippen molar-refractivity contribution >= 4 is 23.6 Å². The predicted molar refractivity (Wildman–Crippen MR) is 90.2 cm³/mol. The van der Waals surface area contributed by atoms with Crippen molar-refractivity contribution in [3.63, 3.8) is 0 Å². The summed E-state index contributed by atoms with van der Waals surface area (Å²) in [7, 11) is 2.73. The average Bonchev–Trinajstić information content (AvgIpc) is 2.60. The van der Waals surface area contributed by atoms with Crippen molar-refractivity contribution < 1.29 is 19.1 Å². The molecule has 0 bridgehead atoms. The lowest BCUT2D eigenvalue weighted by Crippen LogP contribution is -2.44. The van der Waals surface area contributed by atoms with Crippen LogP contribution in [0.2, 0.25) is 0 Å². The van der Waals surface area contributed by atoms with Gasteiger partial charge in [0.05, 0.1) is 30.9 Å². The summed E-state index contributed by atoms with van der Waals surface area (Å²) < 4.78 is 10.2. The maximum Gasteiger partial charge on any atom is 0.319 e. The molecule has 1 aliphatic rings. The maximum absolute atomic E-state index is 12.5. The van der Waals surface area contributed by atoms with Gasteiger partial charge in [0.25, 0.3) is 0 Å². The molecule has 1 heterocycles. The number of nitriles is 1. The van der Waals surface area contributed by atoms with E-state index in [4.69, 9.17) is 9.47 Å². The zero-order valence-electron chi connectivity index (χ0n) is 13.7. The van der Waals surface area contributed by atoms with Gasteiger partial charge in [0.1, 0.15) is 11.7 Å². The van der Waals surface area contributed by atoms with Crippen molar-refractivity contribution in [1.29, 1.82) is 5.26 Å². The number of carbonyl (C=O) groups excluding carboxylic acids is 2. The number of methoxy groups -OCH3 is 2. The normalized spacial score (nSPS) is 20.2. The van der Waals surface area contributed by atoms with Crippen LogP contribution in [0, 0.1) is 17.2 Å². The van der Waals surface area contributed by atoms with Gasteiger partial charge < -0.3 is 14.8 Å². The first kappa shape index (κ1) is 17.9. The molecule has 0 radical (unpaired) electrons. The van der Waals surface area contributed by atoms with Gasteiger partial charge in [-0.05, 0) is 11.8 Å². The molecule has 2 unspecified atom stereocenters. The molecule has 0 fully saturated rings. The van der Waals surface area contributed by atoms with Gasteiger partial charge in [-0.2, -0.15) is 5.26 Å². The second kappa shape index (κ2) is 7.88. The number of carbonyl (C=O) groups is 2. The van der Waals surface area contributed by atoms with Gasteiger partial charge in [0, 0.05) is 11.5 Å². The average molecular weight is 346 g/mol. The number of para-hydroxylation sites is 1. The molecule has 0 saturated heterocycles. The molecular weight excluding hydrogens is 328 g/mol. The first-order chi connectivity index (χ1) is 11.6. The van der Waals surface area contributed by atoms with Crippen LogP contribution in [-0.2, 0) is 14.3 Å². The summed E-state index contributed by atoms with van der Waals surface area (Å²) in [5.41, 5.74) is 0.942. The predicted octanol–water partition coefficient (Wildman–Crippen LogP) is 2.19. The Bertz CT molecular complexity index is 724. The van der Waals surface area contributed by atoms with Crippen LogP contribution in [0.3, 0.4) is 0 Å². The number of rotatable bonds is 5. The first-order valence-electron chi connectivity index (χ1n) is 7.37. The number of allylic oxidation sites excluding steroid dienone is 1. The largest absolute Gasteiger partial charge is 0.496 e. The third kappa shape index (κ3) is 3.24. The van der Waals surface area contributed by atoms with Crippen molar-refractivity contribution in [2.24, 2.45) is 5.92 Å². The van der Waals surface area contributed by atoms with E-state index in [0.717, 1.165) is 0 Å². The molecule has 1 N–H and O–H groups in total. The molecule has 1 amide bonds. The monoisotopic (exact) mass is 346 g/mol. The second-order valence-corrected chi connectivity index (χ2v) is 6.27. The topological polar surface area (TPSA) is 88.4 Å². The van der Waals surface area contributed by atoms with Gasteiger partial charge in [-0.1, -0.05) is 25.1 Å². The summed E-state index contributed by atoms with van der Waals surface area (Å²) in [5.74, 6) is -1.85. The highest BCUT2D eigenvalue weighted by atomic mass is 32.2. The molecule has 7 heteroatoms. The number of ether oxygens (including phenoxy) is 2. The van der Waals surface area contributed by atoms with Crippen molar-refractivity contribution in [2.75, 3.05) is 20.0 Å². The SMILES string of the molecule is CCSC1=C(C#N)C(c2ccccc2OC)C(C(=O)OC)C(=O)N1. The van der Waals surface area contributed by atoms with E-state index in [9.17, 15) is 14.9 Å². The fraction of sp³-hybridized carbons (Fsp3) is 0.353. The molecule has 0 spiro atoms. The molecular formula is C17H18N2O4S. The van der Waals surface area contributed by atoms with Crippen LogP contribution in [0.4, 0.5) is 0 Å². The van der Waals surface area contributed by atoms with Crippen LogP contribution < -0.4 is 10.1 Å². The van der Waals surface area contributed by atoms with Gasteiger partial charge in [-0.25, -0.2) is 0 Å². The number of thioether (sulfide) groups is 1. The van der Waals surface area contributed by atoms with Gasteiger partial charge in [0.2, 0.25) is 5.91 Å². The summed E-state index contributed by atoms with van der Waals surface area (Å²) in [6.07, 6.45) is 0. The van der Waals surface area contributed by atoms with Crippen LogP contribution >= 0.6 is 11.8 Å². The van der Waals surface area contributed by atoms with Crippen LogP contribution in [0.1, 0.15) is 18.4 Å². The Labute approximate surface area is 144 Å². The summed E-state index contributed by atoms with van der Waals surface area (Å²) in [5, 5.41) is 12.8. The number of hydrogen-bond donors (Lipinski definition) is 1. The molecule has 2 atom stereocenters. The number of benzene rings is 1.